The summed E-state index contributed by atoms with van der Waals surface area (Å²) in [5.41, 5.74) is 1.48. The van der Waals surface area contributed by atoms with Gasteiger partial charge in [0.15, 0.2) is 0 Å². The van der Waals surface area contributed by atoms with Crippen LogP contribution in [0.2, 0.25) is 0 Å². The summed E-state index contributed by atoms with van der Waals surface area (Å²) in [6.07, 6.45) is 0.875. The molecule has 0 aromatic heterocycles. The third kappa shape index (κ3) is 5.43. The number of phenolic OH excluding ortho intramolecular Hbond substituents is 1. The summed E-state index contributed by atoms with van der Waals surface area (Å²) in [7, 11) is 2.65. The number of ether oxygens (including phenoxy) is 2. The van der Waals surface area contributed by atoms with E-state index in [0.29, 0.717) is 28.9 Å². The molecule has 0 spiro atoms. The van der Waals surface area contributed by atoms with Crippen LogP contribution in [0.5, 0.6) is 11.5 Å². The maximum Gasteiger partial charge on any atom is 0.416 e. The van der Waals surface area contributed by atoms with Crippen LogP contribution in [0.1, 0.15) is 46.5 Å². The molecule has 1 N–H and O–H groups in total. The number of alkyl halides is 3. The van der Waals surface area contributed by atoms with Crippen LogP contribution in [0.4, 0.5) is 13.2 Å². The van der Waals surface area contributed by atoms with E-state index < -0.39 is 17.7 Å². The number of allylic oxidation sites excluding steroid dienone is 2. The summed E-state index contributed by atoms with van der Waals surface area (Å²) in [6.45, 7) is 3.82. The minimum absolute atomic E-state index is 0.0429. The van der Waals surface area contributed by atoms with Gasteiger partial charge in [0, 0.05) is 5.56 Å². The summed E-state index contributed by atoms with van der Waals surface area (Å²) < 4.78 is 48.3. The van der Waals surface area contributed by atoms with Crippen molar-refractivity contribution in [3.8, 4) is 11.5 Å². The molecule has 0 atom stereocenters. The Bertz CT molecular complexity index is 967. The van der Waals surface area contributed by atoms with E-state index in [1.54, 1.807) is 6.07 Å². The van der Waals surface area contributed by atoms with E-state index in [1.165, 1.54) is 38.5 Å². The number of hydrogen-bond donors (Lipinski definition) is 1. The molecule has 7 heteroatoms. The number of phenols is 1. The van der Waals surface area contributed by atoms with Gasteiger partial charge in [0.25, 0.3) is 0 Å². The molecule has 0 aliphatic carbocycles. The number of carbonyl (C=O) groups is 1. The Kier molecular flexibility index (Phi) is 7.32. The Morgan fingerprint density at radius 3 is 2.23 bits per heavy atom. The van der Waals surface area contributed by atoms with E-state index >= 15 is 0 Å². The fraction of sp³-hybridized carbons (Fsp3) is 0.261. The Morgan fingerprint density at radius 1 is 1.10 bits per heavy atom. The van der Waals surface area contributed by atoms with E-state index in [4.69, 9.17) is 9.47 Å². The van der Waals surface area contributed by atoms with Crippen LogP contribution in [-0.4, -0.2) is 25.3 Å². The molecule has 0 heterocycles. The second-order valence-corrected chi connectivity index (χ2v) is 6.80. The molecule has 4 nitrogen and oxygen atoms in total. The van der Waals surface area contributed by atoms with Crippen LogP contribution >= 0.6 is 0 Å². The highest BCUT2D eigenvalue weighted by Crippen LogP contribution is 2.37. The monoisotopic (exact) mass is 420 g/mol. The highest BCUT2D eigenvalue weighted by atomic mass is 19.4. The molecule has 0 amide bonds. The normalized spacial score (nSPS) is 11.4. The molecular weight excluding hydrogens is 397 g/mol. The van der Waals surface area contributed by atoms with Gasteiger partial charge in [-0.2, -0.15) is 13.2 Å². The smallest absolute Gasteiger partial charge is 0.416 e. The van der Waals surface area contributed by atoms with Crippen molar-refractivity contribution in [2.24, 2.45) is 0 Å². The molecule has 0 fully saturated rings. The van der Waals surface area contributed by atoms with Crippen molar-refractivity contribution in [3.05, 3.63) is 69.8 Å². The summed E-state index contributed by atoms with van der Waals surface area (Å²) in [6, 6.07) is 6.17. The molecule has 0 radical (unpaired) electrons. The SMILES string of the molecule is COC(=O)c1c(/C=C/c2ccc(C(F)(F)F)cc2)cc(OC)c(CC=C(C)C)c1O. The number of esters is 1. The average molecular weight is 420 g/mol. The lowest BCUT2D eigenvalue weighted by Gasteiger charge is -2.15. The summed E-state index contributed by atoms with van der Waals surface area (Å²) in [5.74, 6) is -0.615. The Morgan fingerprint density at radius 2 is 1.73 bits per heavy atom. The predicted molar refractivity (Wildman–Crippen MR) is 110 cm³/mol. The van der Waals surface area contributed by atoms with Crippen molar-refractivity contribution in [1.29, 1.82) is 0 Å². The quantitative estimate of drug-likeness (QED) is 0.360. The van der Waals surface area contributed by atoms with Crippen LogP contribution in [0.25, 0.3) is 12.2 Å². The molecule has 0 aliphatic heterocycles. The first-order valence-electron chi connectivity index (χ1n) is 9.08. The van der Waals surface area contributed by atoms with Crippen molar-refractivity contribution < 1.29 is 32.5 Å². The number of methoxy groups -OCH3 is 2. The summed E-state index contributed by atoms with van der Waals surface area (Å²) in [4.78, 5) is 12.3. The first-order chi connectivity index (χ1) is 14.1. The van der Waals surface area contributed by atoms with Gasteiger partial charge in [0.2, 0.25) is 0 Å². The van der Waals surface area contributed by atoms with E-state index in [9.17, 15) is 23.1 Å². The standard InChI is InChI=1S/C23H23F3O4/c1-14(2)5-12-18-19(29-3)13-16(20(21(18)27)22(28)30-4)9-6-15-7-10-17(11-8-15)23(24,25)26/h5-11,13,27H,12H2,1-4H3/b9-6+. The minimum Gasteiger partial charge on any atom is -0.507 e. The first-order valence-corrected chi connectivity index (χ1v) is 9.08. The van der Waals surface area contributed by atoms with Gasteiger partial charge in [-0.25, -0.2) is 4.79 Å². The Balaban J connectivity index is 2.52. The van der Waals surface area contributed by atoms with Gasteiger partial charge in [-0.05, 0) is 49.6 Å². The minimum atomic E-state index is -4.42. The van der Waals surface area contributed by atoms with Crippen molar-refractivity contribution in [2.45, 2.75) is 26.4 Å². The van der Waals surface area contributed by atoms with Gasteiger partial charge in [0.05, 0.1) is 19.8 Å². The van der Waals surface area contributed by atoms with Crippen LogP contribution in [0.15, 0.2) is 42.0 Å². The largest absolute Gasteiger partial charge is 0.507 e. The Labute approximate surface area is 173 Å². The van der Waals surface area contributed by atoms with Crippen molar-refractivity contribution in [2.75, 3.05) is 14.2 Å². The second kappa shape index (κ2) is 9.52. The lowest BCUT2D eigenvalue weighted by Crippen LogP contribution is -2.07. The first kappa shape index (κ1) is 23.1. The highest BCUT2D eigenvalue weighted by molar-refractivity contribution is 5.98. The van der Waals surface area contributed by atoms with Gasteiger partial charge in [-0.15, -0.1) is 0 Å². The molecule has 0 aliphatic rings. The van der Waals surface area contributed by atoms with E-state index in [0.717, 1.165) is 17.7 Å². The number of benzene rings is 2. The van der Waals surface area contributed by atoms with E-state index in [-0.39, 0.29) is 11.3 Å². The zero-order valence-corrected chi connectivity index (χ0v) is 17.1. The van der Waals surface area contributed by atoms with Gasteiger partial charge in [-0.3, -0.25) is 0 Å². The number of aromatic hydroxyl groups is 1. The number of halogens is 3. The predicted octanol–water partition coefficient (Wildman–Crippen LogP) is 5.89. The number of carbonyl (C=O) groups excluding carboxylic acids is 1. The van der Waals surface area contributed by atoms with Gasteiger partial charge < -0.3 is 14.6 Å². The van der Waals surface area contributed by atoms with Gasteiger partial charge in [-0.1, -0.05) is 35.9 Å². The maximum absolute atomic E-state index is 12.7. The molecule has 0 saturated heterocycles. The molecule has 160 valence electrons. The number of rotatable bonds is 6. The van der Waals surface area contributed by atoms with Crippen LogP contribution in [0, 0.1) is 0 Å². The number of hydrogen-bond acceptors (Lipinski definition) is 4. The summed E-state index contributed by atoms with van der Waals surface area (Å²) >= 11 is 0. The molecule has 0 saturated carbocycles. The van der Waals surface area contributed by atoms with Gasteiger partial charge in [0.1, 0.15) is 17.1 Å². The van der Waals surface area contributed by atoms with E-state index in [2.05, 4.69) is 0 Å². The van der Waals surface area contributed by atoms with Crippen LogP contribution in [-0.2, 0) is 17.3 Å². The van der Waals surface area contributed by atoms with Crippen LogP contribution < -0.4 is 4.74 Å². The van der Waals surface area contributed by atoms with Crippen LogP contribution in [0.3, 0.4) is 0 Å². The van der Waals surface area contributed by atoms with Crippen molar-refractivity contribution >= 4 is 18.1 Å². The molecule has 0 bridgehead atoms. The Hall–Kier alpha value is -3.22. The lowest BCUT2D eigenvalue weighted by molar-refractivity contribution is -0.137. The molecule has 0 unspecified atom stereocenters. The summed E-state index contributed by atoms with van der Waals surface area (Å²) in [5, 5.41) is 10.8. The third-order valence-electron chi connectivity index (χ3n) is 4.41. The lowest BCUT2D eigenvalue weighted by atomic mass is 9.97. The fourth-order valence-electron chi connectivity index (χ4n) is 2.81. The molecule has 30 heavy (non-hydrogen) atoms. The molecular formula is C23H23F3O4. The van der Waals surface area contributed by atoms with Crippen molar-refractivity contribution in [1.82, 2.24) is 0 Å². The zero-order chi connectivity index (χ0) is 22.5. The van der Waals surface area contributed by atoms with E-state index in [1.807, 2.05) is 19.9 Å². The highest BCUT2D eigenvalue weighted by Gasteiger charge is 2.29. The topological polar surface area (TPSA) is 55.8 Å². The average Bonchev–Trinajstić information content (AvgIpc) is 2.69. The molecule has 2 aromatic carbocycles. The maximum atomic E-state index is 12.7. The third-order valence-corrected chi connectivity index (χ3v) is 4.41. The molecule has 2 aromatic rings. The molecule has 2 rings (SSSR count). The van der Waals surface area contributed by atoms with Crippen molar-refractivity contribution in [3.63, 3.8) is 0 Å². The second-order valence-electron chi connectivity index (χ2n) is 6.80. The fourth-order valence-corrected chi connectivity index (χ4v) is 2.81. The zero-order valence-electron chi connectivity index (χ0n) is 17.1. The van der Waals surface area contributed by atoms with Gasteiger partial charge >= 0.3 is 12.1 Å².